The number of carbonyl (C=O) groups excluding carboxylic acids is 2. The summed E-state index contributed by atoms with van der Waals surface area (Å²) in [5.74, 6) is 0.385. The minimum absolute atomic E-state index is 0.112. The fourth-order valence-corrected chi connectivity index (χ4v) is 4.32. The lowest BCUT2D eigenvalue weighted by molar-refractivity contribution is -0.140. The Labute approximate surface area is 156 Å². The molecule has 2 aliphatic rings. The molecule has 0 bridgehead atoms. The monoisotopic (exact) mass is 357 g/mol. The van der Waals surface area contributed by atoms with Crippen LogP contribution >= 0.6 is 0 Å². The Morgan fingerprint density at radius 2 is 1.81 bits per heavy atom. The third-order valence-electron chi connectivity index (χ3n) is 6.06. The standard InChI is InChI=1S/C21H31N3O2/c1-16(21(26)24-11-5-8-19(15-24)20(22)25)23-12-9-18(10-13-23)14-17-6-3-2-4-7-17/h2-4,6-7,16,18-19H,5,8-15H2,1H3,(H2,22,25)/t16-,19+/m0/s1. The third kappa shape index (κ3) is 4.64. The van der Waals surface area contributed by atoms with Crippen LogP contribution in [0.1, 0.15) is 38.2 Å². The molecule has 2 amide bonds. The molecule has 142 valence electrons. The number of piperidine rings is 2. The van der Waals surface area contributed by atoms with Gasteiger partial charge in [-0.15, -0.1) is 0 Å². The molecule has 1 aromatic rings. The van der Waals surface area contributed by atoms with Crippen LogP contribution in [-0.4, -0.2) is 53.8 Å². The Balaban J connectivity index is 1.49. The van der Waals surface area contributed by atoms with Crippen molar-refractivity contribution in [1.29, 1.82) is 0 Å². The fourth-order valence-electron chi connectivity index (χ4n) is 4.32. The van der Waals surface area contributed by atoms with Crippen LogP contribution in [0.3, 0.4) is 0 Å². The highest BCUT2D eigenvalue weighted by Crippen LogP contribution is 2.24. The summed E-state index contributed by atoms with van der Waals surface area (Å²) in [4.78, 5) is 28.5. The van der Waals surface area contributed by atoms with Gasteiger partial charge >= 0.3 is 0 Å². The molecule has 0 aromatic heterocycles. The van der Waals surface area contributed by atoms with Crippen molar-refractivity contribution in [2.45, 2.75) is 45.1 Å². The predicted molar refractivity (Wildman–Crippen MR) is 102 cm³/mol. The van der Waals surface area contributed by atoms with Crippen molar-refractivity contribution in [3.63, 3.8) is 0 Å². The van der Waals surface area contributed by atoms with Crippen molar-refractivity contribution in [2.75, 3.05) is 26.2 Å². The molecule has 0 spiro atoms. The number of nitrogens with two attached hydrogens (primary N) is 1. The van der Waals surface area contributed by atoms with Crippen LogP contribution in [0.25, 0.3) is 0 Å². The van der Waals surface area contributed by atoms with E-state index in [0.717, 1.165) is 51.7 Å². The van der Waals surface area contributed by atoms with Crippen LogP contribution in [0, 0.1) is 11.8 Å². The average molecular weight is 357 g/mol. The van der Waals surface area contributed by atoms with Crippen LogP contribution in [0.15, 0.2) is 30.3 Å². The largest absolute Gasteiger partial charge is 0.369 e. The van der Waals surface area contributed by atoms with Gasteiger partial charge in [0.25, 0.3) is 0 Å². The summed E-state index contributed by atoms with van der Waals surface area (Å²) >= 11 is 0. The molecule has 26 heavy (non-hydrogen) atoms. The molecule has 2 N–H and O–H groups in total. The second kappa shape index (κ2) is 8.67. The van der Waals surface area contributed by atoms with Gasteiger partial charge in [-0.05, 0) is 63.6 Å². The Kier molecular flexibility index (Phi) is 6.30. The summed E-state index contributed by atoms with van der Waals surface area (Å²) in [6.45, 7) is 5.18. The Bertz CT molecular complexity index is 611. The molecular formula is C21H31N3O2. The van der Waals surface area contributed by atoms with E-state index in [1.807, 2.05) is 11.8 Å². The summed E-state index contributed by atoms with van der Waals surface area (Å²) in [7, 11) is 0. The topological polar surface area (TPSA) is 66.6 Å². The lowest BCUT2D eigenvalue weighted by Gasteiger charge is -2.39. The molecule has 5 heteroatoms. The van der Waals surface area contributed by atoms with Crippen LogP contribution in [0.4, 0.5) is 0 Å². The molecular weight excluding hydrogens is 326 g/mol. The molecule has 2 saturated heterocycles. The van der Waals surface area contributed by atoms with Gasteiger partial charge in [-0.3, -0.25) is 14.5 Å². The van der Waals surface area contributed by atoms with Crippen molar-refractivity contribution in [3.05, 3.63) is 35.9 Å². The molecule has 0 unspecified atom stereocenters. The first-order chi connectivity index (χ1) is 12.5. The van der Waals surface area contributed by atoms with E-state index in [0.29, 0.717) is 12.5 Å². The molecule has 2 heterocycles. The van der Waals surface area contributed by atoms with E-state index in [4.69, 9.17) is 5.73 Å². The highest BCUT2D eigenvalue weighted by Gasteiger charge is 2.33. The summed E-state index contributed by atoms with van der Waals surface area (Å²) in [5, 5.41) is 0. The van der Waals surface area contributed by atoms with Gasteiger partial charge in [0, 0.05) is 13.1 Å². The van der Waals surface area contributed by atoms with E-state index in [9.17, 15) is 9.59 Å². The van der Waals surface area contributed by atoms with E-state index >= 15 is 0 Å². The Morgan fingerprint density at radius 3 is 2.46 bits per heavy atom. The summed E-state index contributed by atoms with van der Waals surface area (Å²) < 4.78 is 0. The van der Waals surface area contributed by atoms with Gasteiger partial charge in [-0.1, -0.05) is 30.3 Å². The first-order valence-corrected chi connectivity index (χ1v) is 9.90. The van der Waals surface area contributed by atoms with Gasteiger partial charge in [0.05, 0.1) is 12.0 Å². The van der Waals surface area contributed by atoms with Crippen molar-refractivity contribution in [2.24, 2.45) is 17.6 Å². The summed E-state index contributed by atoms with van der Waals surface area (Å²) in [6.07, 6.45) is 5.07. The molecule has 2 fully saturated rings. The fraction of sp³-hybridized carbons (Fsp3) is 0.619. The van der Waals surface area contributed by atoms with Crippen molar-refractivity contribution in [1.82, 2.24) is 9.80 Å². The maximum absolute atomic E-state index is 12.9. The van der Waals surface area contributed by atoms with Crippen LogP contribution < -0.4 is 5.73 Å². The highest BCUT2D eigenvalue weighted by atomic mass is 16.2. The lowest BCUT2D eigenvalue weighted by Crippen LogP contribution is -2.53. The van der Waals surface area contributed by atoms with Gasteiger partial charge in [0.15, 0.2) is 0 Å². The number of primary amides is 1. The molecule has 2 aliphatic heterocycles. The number of rotatable bonds is 5. The SMILES string of the molecule is C[C@@H](C(=O)N1CCC[C@@H](C(N)=O)C1)N1CCC(Cc2ccccc2)CC1. The normalized spacial score (nSPS) is 23.6. The van der Waals surface area contributed by atoms with Gasteiger partial charge in [-0.2, -0.15) is 0 Å². The molecule has 0 saturated carbocycles. The number of benzene rings is 1. The molecule has 2 atom stereocenters. The number of nitrogens with zero attached hydrogens (tertiary/aromatic N) is 2. The van der Waals surface area contributed by atoms with Crippen LogP contribution in [0.2, 0.25) is 0 Å². The number of likely N-dealkylation sites (tertiary alicyclic amines) is 2. The molecule has 1 aromatic carbocycles. The molecule has 5 nitrogen and oxygen atoms in total. The summed E-state index contributed by atoms with van der Waals surface area (Å²) in [5.41, 5.74) is 6.84. The van der Waals surface area contributed by atoms with Crippen molar-refractivity contribution >= 4 is 11.8 Å². The molecule has 3 rings (SSSR count). The average Bonchev–Trinajstić information content (AvgIpc) is 2.68. The first kappa shape index (κ1) is 18.9. The zero-order chi connectivity index (χ0) is 18.5. The third-order valence-corrected chi connectivity index (χ3v) is 6.06. The van der Waals surface area contributed by atoms with E-state index in [1.54, 1.807) is 0 Å². The zero-order valence-electron chi connectivity index (χ0n) is 15.8. The number of amides is 2. The zero-order valence-corrected chi connectivity index (χ0v) is 15.8. The molecule has 0 radical (unpaired) electrons. The van der Waals surface area contributed by atoms with Crippen LogP contribution in [0.5, 0.6) is 0 Å². The quantitative estimate of drug-likeness (QED) is 0.877. The van der Waals surface area contributed by atoms with E-state index in [1.165, 1.54) is 5.56 Å². The summed E-state index contributed by atoms with van der Waals surface area (Å²) in [6, 6.07) is 10.5. The maximum Gasteiger partial charge on any atom is 0.239 e. The first-order valence-electron chi connectivity index (χ1n) is 9.90. The highest BCUT2D eigenvalue weighted by molar-refractivity contribution is 5.83. The number of hydrogen-bond donors (Lipinski definition) is 1. The minimum atomic E-state index is -0.281. The van der Waals surface area contributed by atoms with Crippen LogP contribution in [-0.2, 0) is 16.0 Å². The van der Waals surface area contributed by atoms with Gasteiger partial charge in [-0.25, -0.2) is 0 Å². The maximum atomic E-state index is 12.9. The second-order valence-electron chi connectivity index (χ2n) is 7.87. The van der Waals surface area contributed by atoms with Crippen molar-refractivity contribution in [3.8, 4) is 0 Å². The smallest absolute Gasteiger partial charge is 0.239 e. The van der Waals surface area contributed by atoms with Gasteiger partial charge in [0.2, 0.25) is 11.8 Å². The second-order valence-corrected chi connectivity index (χ2v) is 7.87. The van der Waals surface area contributed by atoms with E-state index in [-0.39, 0.29) is 23.8 Å². The van der Waals surface area contributed by atoms with Crippen molar-refractivity contribution < 1.29 is 9.59 Å². The minimum Gasteiger partial charge on any atom is -0.369 e. The Morgan fingerprint density at radius 1 is 1.12 bits per heavy atom. The molecule has 0 aliphatic carbocycles. The number of hydrogen-bond acceptors (Lipinski definition) is 3. The van der Waals surface area contributed by atoms with E-state index < -0.39 is 0 Å². The number of carbonyl (C=O) groups is 2. The van der Waals surface area contributed by atoms with Gasteiger partial charge in [0.1, 0.15) is 0 Å². The van der Waals surface area contributed by atoms with Gasteiger partial charge < -0.3 is 10.6 Å². The predicted octanol–water partition coefficient (Wildman–Crippen LogP) is 2.05. The Hall–Kier alpha value is -1.88. The lowest BCUT2D eigenvalue weighted by atomic mass is 9.89. The van der Waals surface area contributed by atoms with E-state index in [2.05, 4.69) is 35.2 Å².